The maximum atomic E-state index is 5.78. The summed E-state index contributed by atoms with van der Waals surface area (Å²) in [6, 6.07) is 3.85. The summed E-state index contributed by atoms with van der Waals surface area (Å²) in [4.78, 5) is 6.76. The Morgan fingerprint density at radius 3 is 2.67 bits per heavy atom. The van der Waals surface area contributed by atoms with Gasteiger partial charge in [0.05, 0.1) is 6.61 Å². The summed E-state index contributed by atoms with van der Waals surface area (Å²) in [6.07, 6.45) is 4.44. The third-order valence-corrected chi connectivity index (χ3v) is 3.63. The van der Waals surface area contributed by atoms with Crippen molar-refractivity contribution < 1.29 is 4.74 Å². The van der Waals surface area contributed by atoms with Crippen molar-refractivity contribution >= 4 is 15.9 Å². The predicted octanol–water partition coefficient (Wildman–Crippen LogP) is 3.34. The fourth-order valence-corrected chi connectivity index (χ4v) is 2.54. The fourth-order valence-electron chi connectivity index (χ4n) is 2.31. The Bertz CT molecular complexity index is 372. The smallest absolute Gasteiger partial charge is 0.213 e. The summed E-state index contributed by atoms with van der Waals surface area (Å²) in [7, 11) is 0. The van der Waals surface area contributed by atoms with Crippen LogP contribution < -0.4 is 4.74 Å². The standard InChI is InChI=1S/C14H21BrN2O/c1-14(2,10-17-7-3-4-8-17)11-18-13-6-5-12(15)9-16-13/h5-6,9H,3-4,7-8,10-11H2,1-2H3. The molecule has 4 heteroatoms. The Kier molecular flexibility index (Phi) is 4.62. The highest BCUT2D eigenvalue weighted by atomic mass is 79.9. The third-order valence-electron chi connectivity index (χ3n) is 3.16. The highest BCUT2D eigenvalue weighted by molar-refractivity contribution is 9.10. The molecule has 2 rings (SSSR count). The Labute approximate surface area is 118 Å². The Hall–Kier alpha value is -0.610. The molecule has 0 saturated carbocycles. The second-order valence-corrected chi connectivity index (χ2v) is 6.67. The monoisotopic (exact) mass is 312 g/mol. The lowest BCUT2D eigenvalue weighted by molar-refractivity contribution is 0.126. The average Bonchev–Trinajstić information content (AvgIpc) is 2.80. The number of aromatic nitrogens is 1. The number of nitrogens with zero attached hydrogens (tertiary/aromatic N) is 2. The first kappa shape index (κ1) is 13.8. The number of pyridine rings is 1. The molecule has 0 bridgehead atoms. The number of hydrogen-bond acceptors (Lipinski definition) is 3. The Balaban J connectivity index is 1.82. The van der Waals surface area contributed by atoms with Crippen LogP contribution in [-0.2, 0) is 0 Å². The number of halogens is 1. The molecule has 1 aliphatic heterocycles. The van der Waals surface area contributed by atoms with Crippen LogP contribution in [0.15, 0.2) is 22.8 Å². The van der Waals surface area contributed by atoms with Crippen LogP contribution in [0.5, 0.6) is 5.88 Å². The van der Waals surface area contributed by atoms with Gasteiger partial charge in [-0.1, -0.05) is 13.8 Å². The molecule has 3 nitrogen and oxygen atoms in total. The van der Waals surface area contributed by atoms with Gasteiger partial charge in [0.15, 0.2) is 0 Å². The van der Waals surface area contributed by atoms with E-state index in [1.807, 2.05) is 12.1 Å². The number of hydrogen-bond donors (Lipinski definition) is 0. The van der Waals surface area contributed by atoms with E-state index in [0.717, 1.165) is 11.0 Å². The average molecular weight is 313 g/mol. The second kappa shape index (κ2) is 6.02. The van der Waals surface area contributed by atoms with Crippen LogP contribution in [0.25, 0.3) is 0 Å². The molecule has 0 aliphatic carbocycles. The van der Waals surface area contributed by atoms with E-state index in [1.54, 1.807) is 6.20 Å². The molecule has 100 valence electrons. The number of rotatable bonds is 5. The molecule has 0 spiro atoms. The Morgan fingerprint density at radius 1 is 1.33 bits per heavy atom. The van der Waals surface area contributed by atoms with Gasteiger partial charge in [0.25, 0.3) is 0 Å². The van der Waals surface area contributed by atoms with Gasteiger partial charge in [-0.15, -0.1) is 0 Å². The molecule has 1 aliphatic rings. The molecule has 0 unspecified atom stereocenters. The van der Waals surface area contributed by atoms with Gasteiger partial charge < -0.3 is 9.64 Å². The molecule has 0 radical (unpaired) electrons. The predicted molar refractivity (Wildman–Crippen MR) is 76.9 cm³/mol. The van der Waals surface area contributed by atoms with E-state index in [2.05, 4.69) is 39.7 Å². The summed E-state index contributed by atoms with van der Waals surface area (Å²) in [5, 5.41) is 0. The molecule has 1 aromatic rings. The molecule has 0 atom stereocenters. The van der Waals surface area contributed by atoms with Gasteiger partial charge in [-0.25, -0.2) is 4.98 Å². The van der Waals surface area contributed by atoms with Crippen LogP contribution in [0, 0.1) is 5.41 Å². The van der Waals surface area contributed by atoms with Crippen molar-refractivity contribution in [2.24, 2.45) is 5.41 Å². The second-order valence-electron chi connectivity index (χ2n) is 5.75. The molecular weight excluding hydrogens is 292 g/mol. The van der Waals surface area contributed by atoms with Gasteiger partial charge in [0.1, 0.15) is 0 Å². The van der Waals surface area contributed by atoms with E-state index >= 15 is 0 Å². The molecule has 0 aromatic carbocycles. The normalized spacial score (nSPS) is 17.1. The van der Waals surface area contributed by atoms with Crippen LogP contribution in [0.1, 0.15) is 26.7 Å². The van der Waals surface area contributed by atoms with Crippen molar-refractivity contribution in [2.75, 3.05) is 26.2 Å². The first-order valence-corrected chi connectivity index (χ1v) is 7.31. The van der Waals surface area contributed by atoms with Gasteiger partial charge in [0.2, 0.25) is 5.88 Å². The summed E-state index contributed by atoms with van der Waals surface area (Å²) < 4.78 is 6.76. The lowest BCUT2D eigenvalue weighted by atomic mass is 9.94. The first-order chi connectivity index (χ1) is 8.55. The molecular formula is C14H21BrN2O. The molecule has 1 aromatic heterocycles. The maximum Gasteiger partial charge on any atom is 0.213 e. The number of ether oxygens (including phenoxy) is 1. The summed E-state index contributed by atoms with van der Waals surface area (Å²) in [6.45, 7) is 8.79. The van der Waals surface area contributed by atoms with Crippen LogP contribution in [-0.4, -0.2) is 36.1 Å². The van der Waals surface area contributed by atoms with E-state index in [-0.39, 0.29) is 5.41 Å². The van der Waals surface area contributed by atoms with Crippen molar-refractivity contribution in [3.63, 3.8) is 0 Å². The molecule has 18 heavy (non-hydrogen) atoms. The van der Waals surface area contributed by atoms with Crippen LogP contribution in [0.4, 0.5) is 0 Å². The zero-order valence-corrected chi connectivity index (χ0v) is 12.7. The van der Waals surface area contributed by atoms with Gasteiger partial charge in [0, 0.05) is 28.7 Å². The van der Waals surface area contributed by atoms with Crippen molar-refractivity contribution in [3.8, 4) is 5.88 Å². The summed E-state index contributed by atoms with van der Waals surface area (Å²) >= 11 is 3.37. The number of likely N-dealkylation sites (tertiary alicyclic amines) is 1. The van der Waals surface area contributed by atoms with Gasteiger partial charge in [-0.2, -0.15) is 0 Å². The highest BCUT2D eigenvalue weighted by Crippen LogP contribution is 2.22. The lowest BCUT2D eigenvalue weighted by Crippen LogP contribution is -2.36. The maximum absolute atomic E-state index is 5.78. The first-order valence-electron chi connectivity index (χ1n) is 6.52. The summed E-state index contributed by atoms with van der Waals surface area (Å²) in [5.41, 5.74) is 0.166. The van der Waals surface area contributed by atoms with E-state index < -0.39 is 0 Å². The molecule has 0 N–H and O–H groups in total. The Morgan fingerprint density at radius 2 is 2.06 bits per heavy atom. The molecule has 0 amide bonds. The zero-order chi connectivity index (χ0) is 13.0. The largest absolute Gasteiger partial charge is 0.477 e. The quantitative estimate of drug-likeness (QED) is 0.833. The van der Waals surface area contributed by atoms with Crippen molar-refractivity contribution in [1.29, 1.82) is 0 Å². The van der Waals surface area contributed by atoms with Crippen molar-refractivity contribution in [2.45, 2.75) is 26.7 Å². The van der Waals surface area contributed by atoms with E-state index in [9.17, 15) is 0 Å². The molecule has 2 heterocycles. The SMILES string of the molecule is CC(C)(COc1ccc(Br)cn1)CN1CCCC1. The van der Waals surface area contributed by atoms with E-state index in [1.165, 1.54) is 25.9 Å². The van der Waals surface area contributed by atoms with Crippen LogP contribution in [0.2, 0.25) is 0 Å². The minimum absolute atomic E-state index is 0.166. The minimum atomic E-state index is 0.166. The molecule has 1 saturated heterocycles. The van der Waals surface area contributed by atoms with Crippen LogP contribution >= 0.6 is 15.9 Å². The van der Waals surface area contributed by atoms with E-state index in [4.69, 9.17) is 4.74 Å². The van der Waals surface area contributed by atoms with Crippen LogP contribution in [0.3, 0.4) is 0 Å². The third kappa shape index (κ3) is 4.25. The van der Waals surface area contributed by atoms with Gasteiger partial charge >= 0.3 is 0 Å². The lowest BCUT2D eigenvalue weighted by Gasteiger charge is -2.29. The van der Waals surface area contributed by atoms with Crippen molar-refractivity contribution in [3.05, 3.63) is 22.8 Å². The van der Waals surface area contributed by atoms with Gasteiger partial charge in [-0.05, 0) is 47.9 Å². The van der Waals surface area contributed by atoms with Crippen molar-refractivity contribution in [1.82, 2.24) is 9.88 Å². The topological polar surface area (TPSA) is 25.4 Å². The highest BCUT2D eigenvalue weighted by Gasteiger charge is 2.24. The van der Waals surface area contributed by atoms with Gasteiger partial charge in [-0.3, -0.25) is 0 Å². The summed E-state index contributed by atoms with van der Waals surface area (Å²) in [5.74, 6) is 0.702. The minimum Gasteiger partial charge on any atom is -0.477 e. The molecule has 1 fully saturated rings. The zero-order valence-electron chi connectivity index (χ0n) is 11.2. The van der Waals surface area contributed by atoms with E-state index in [0.29, 0.717) is 12.5 Å². The fraction of sp³-hybridized carbons (Fsp3) is 0.643.